The highest BCUT2D eigenvalue weighted by atomic mass is 79.9. The Balaban J connectivity index is 2.95. The minimum atomic E-state index is -0.457. The first-order valence-corrected chi connectivity index (χ1v) is 7.28. The zero-order valence-corrected chi connectivity index (χ0v) is 12.7. The number of hydrogen-bond acceptors (Lipinski definition) is 3. The van der Waals surface area contributed by atoms with Crippen molar-refractivity contribution in [1.82, 2.24) is 4.90 Å². The molecule has 0 aliphatic heterocycles. The maximum absolute atomic E-state index is 10.5. The molecular formula is C12H20BrNOS. The van der Waals surface area contributed by atoms with E-state index in [2.05, 4.69) is 48.5 Å². The standard InChI is InChI=1S/C12H20BrNOS/c1-5-14(6-2)12(3,4)11(15)10-9(13)7-8-16-10/h7-8,11,15H,5-6H2,1-4H3. The van der Waals surface area contributed by atoms with E-state index >= 15 is 0 Å². The van der Waals surface area contributed by atoms with Crippen molar-refractivity contribution in [2.45, 2.75) is 39.3 Å². The van der Waals surface area contributed by atoms with E-state index in [0.717, 1.165) is 22.4 Å². The van der Waals surface area contributed by atoms with E-state index in [1.807, 2.05) is 11.4 Å². The van der Waals surface area contributed by atoms with Crippen LogP contribution in [0, 0.1) is 0 Å². The van der Waals surface area contributed by atoms with Gasteiger partial charge in [0.05, 0.1) is 0 Å². The molecule has 1 heterocycles. The molecule has 0 spiro atoms. The number of rotatable bonds is 5. The van der Waals surface area contributed by atoms with Crippen molar-refractivity contribution in [1.29, 1.82) is 0 Å². The molecular weight excluding hydrogens is 286 g/mol. The third-order valence-electron chi connectivity index (χ3n) is 3.14. The molecule has 0 aliphatic carbocycles. The Hall–Kier alpha value is 0.100. The number of likely N-dealkylation sites (N-methyl/N-ethyl adjacent to an activating group) is 1. The molecule has 16 heavy (non-hydrogen) atoms. The molecule has 92 valence electrons. The van der Waals surface area contributed by atoms with Crippen LogP contribution in [-0.2, 0) is 0 Å². The Labute approximate surface area is 110 Å². The lowest BCUT2D eigenvalue weighted by Gasteiger charge is -2.40. The van der Waals surface area contributed by atoms with Gasteiger partial charge in [0.1, 0.15) is 6.10 Å². The highest BCUT2D eigenvalue weighted by molar-refractivity contribution is 9.10. The molecule has 1 rings (SSSR count). The largest absolute Gasteiger partial charge is 0.386 e. The van der Waals surface area contributed by atoms with Crippen LogP contribution in [0.15, 0.2) is 15.9 Å². The Morgan fingerprint density at radius 2 is 2.00 bits per heavy atom. The number of aliphatic hydroxyl groups excluding tert-OH is 1. The summed E-state index contributed by atoms with van der Waals surface area (Å²) in [5, 5.41) is 12.5. The van der Waals surface area contributed by atoms with Crippen LogP contribution < -0.4 is 0 Å². The van der Waals surface area contributed by atoms with Crippen molar-refractivity contribution < 1.29 is 5.11 Å². The van der Waals surface area contributed by atoms with Gasteiger partial charge < -0.3 is 5.11 Å². The third-order valence-corrected chi connectivity index (χ3v) is 5.06. The average molecular weight is 306 g/mol. The number of aliphatic hydroxyl groups is 1. The van der Waals surface area contributed by atoms with E-state index in [-0.39, 0.29) is 5.54 Å². The molecule has 2 nitrogen and oxygen atoms in total. The summed E-state index contributed by atoms with van der Waals surface area (Å²) in [4.78, 5) is 3.29. The highest BCUT2D eigenvalue weighted by Crippen LogP contribution is 2.37. The lowest BCUT2D eigenvalue weighted by Crippen LogP contribution is -2.48. The molecule has 0 aliphatic rings. The fraction of sp³-hybridized carbons (Fsp3) is 0.667. The molecule has 0 amide bonds. The highest BCUT2D eigenvalue weighted by Gasteiger charge is 2.35. The third kappa shape index (κ3) is 2.67. The Morgan fingerprint density at radius 1 is 1.44 bits per heavy atom. The molecule has 0 fully saturated rings. The lowest BCUT2D eigenvalue weighted by atomic mass is 9.93. The molecule has 4 heteroatoms. The lowest BCUT2D eigenvalue weighted by molar-refractivity contribution is -0.00458. The van der Waals surface area contributed by atoms with E-state index < -0.39 is 6.10 Å². The average Bonchev–Trinajstić information content (AvgIpc) is 2.64. The second-order valence-electron chi connectivity index (χ2n) is 4.36. The van der Waals surface area contributed by atoms with Crippen molar-refractivity contribution in [2.75, 3.05) is 13.1 Å². The van der Waals surface area contributed by atoms with Crippen LogP contribution in [0.4, 0.5) is 0 Å². The van der Waals surface area contributed by atoms with E-state index in [4.69, 9.17) is 0 Å². The second kappa shape index (κ2) is 5.63. The SMILES string of the molecule is CCN(CC)C(C)(C)C(O)c1sccc1Br. The van der Waals surface area contributed by atoms with E-state index in [1.54, 1.807) is 11.3 Å². The quantitative estimate of drug-likeness (QED) is 0.897. The van der Waals surface area contributed by atoms with E-state index in [0.29, 0.717) is 0 Å². The van der Waals surface area contributed by atoms with Gasteiger partial charge in [-0.1, -0.05) is 13.8 Å². The summed E-state index contributed by atoms with van der Waals surface area (Å²) in [6, 6.07) is 1.99. The predicted octanol–water partition coefficient (Wildman–Crippen LogP) is 3.66. The van der Waals surface area contributed by atoms with Gasteiger partial charge in [0.15, 0.2) is 0 Å². The van der Waals surface area contributed by atoms with Gasteiger partial charge in [0, 0.05) is 14.9 Å². The molecule has 1 unspecified atom stereocenters. The summed E-state index contributed by atoms with van der Waals surface area (Å²) in [6.45, 7) is 10.3. The van der Waals surface area contributed by atoms with Crippen LogP contribution in [-0.4, -0.2) is 28.6 Å². The number of hydrogen-bond donors (Lipinski definition) is 1. The second-order valence-corrected chi connectivity index (χ2v) is 6.16. The fourth-order valence-electron chi connectivity index (χ4n) is 2.03. The maximum Gasteiger partial charge on any atom is 0.107 e. The Kier molecular flexibility index (Phi) is 4.98. The predicted molar refractivity (Wildman–Crippen MR) is 74.0 cm³/mol. The van der Waals surface area contributed by atoms with Crippen LogP contribution in [0.3, 0.4) is 0 Å². The molecule has 1 aromatic rings. The van der Waals surface area contributed by atoms with Crippen molar-refractivity contribution in [2.24, 2.45) is 0 Å². The van der Waals surface area contributed by atoms with Crippen LogP contribution in [0.5, 0.6) is 0 Å². The van der Waals surface area contributed by atoms with Gasteiger partial charge in [0.2, 0.25) is 0 Å². The Morgan fingerprint density at radius 3 is 2.38 bits per heavy atom. The molecule has 1 aromatic heterocycles. The van der Waals surface area contributed by atoms with Gasteiger partial charge >= 0.3 is 0 Å². The number of halogens is 1. The number of nitrogens with zero attached hydrogens (tertiary/aromatic N) is 1. The Bertz CT molecular complexity index is 334. The van der Waals surface area contributed by atoms with Crippen LogP contribution in [0.25, 0.3) is 0 Å². The van der Waals surface area contributed by atoms with Crippen molar-refractivity contribution in [3.63, 3.8) is 0 Å². The molecule has 0 bridgehead atoms. The number of thiophene rings is 1. The van der Waals surface area contributed by atoms with E-state index in [1.165, 1.54) is 0 Å². The zero-order chi connectivity index (χ0) is 12.3. The minimum Gasteiger partial charge on any atom is -0.386 e. The van der Waals surface area contributed by atoms with Crippen LogP contribution in [0.1, 0.15) is 38.7 Å². The summed E-state index contributed by atoms with van der Waals surface area (Å²) in [7, 11) is 0. The smallest absolute Gasteiger partial charge is 0.107 e. The van der Waals surface area contributed by atoms with E-state index in [9.17, 15) is 5.11 Å². The molecule has 1 atom stereocenters. The van der Waals surface area contributed by atoms with Gasteiger partial charge in [0.25, 0.3) is 0 Å². The molecule has 0 aromatic carbocycles. The van der Waals surface area contributed by atoms with Crippen molar-refractivity contribution >= 4 is 27.3 Å². The zero-order valence-electron chi connectivity index (χ0n) is 10.3. The normalized spacial score (nSPS) is 14.4. The van der Waals surface area contributed by atoms with Gasteiger partial charge in [-0.2, -0.15) is 0 Å². The monoisotopic (exact) mass is 305 g/mol. The fourth-order valence-corrected chi connectivity index (χ4v) is 3.79. The molecule has 0 saturated heterocycles. The minimum absolute atomic E-state index is 0.239. The van der Waals surface area contributed by atoms with Crippen LogP contribution in [0.2, 0.25) is 0 Å². The van der Waals surface area contributed by atoms with Gasteiger partial charge in [-0.05, 0) is 54.3 Å². The first-order chi connectivity index (χ1) is 7.45. The molecule has 1 N–H and O–H groups in total. The van der Waals surface area contributed by atoms with Crippen molar-refractivity contribution in [3.8, 4) is 0 Å². The summed E-state index contributed by atoms with van der Waals surface area (Å²) in [5.41, 5.74) is -0.239. The first-order valence-electron chi connectivity index (χ1n) is 5.61. The molecule has 0 saturated carbocycles. The molecule has 0 radical (unpaired) electrons. The summed E-state index contributed by atoms with van der Waals surface area (Å²) < 4.78 is 1.00. The van der Waals surface area contributed by atoms with Crippen LogP contribution >= 0.6 is 27.3 Å². The first kappa shape index (κ1) is 14.2. The maximum atomic E-state index is 10.5. The topological polar surface area (TPSA) is 23.5 Å². The summed E-state index contributed by atoms with van der Waals surface area (Å²) in [5.74, 6) is 0. The van der Waals surface area contributed by atoms with Gasteiger partial charge in [-0.15, -0.1) is 11.3 Å². The summed E-state index contributed by atoms with van der Waals surface area (Å²) >= 11 is 5.08. The summed E-state index contributed by atoms with van der Waals surface area (Å²) in [6.07, 6.45) is -0.457. The van der Waals surface area contributed by atoms with Gasteiger partial charge in [-0.3, -0.25) is 4.90 Å². The van der Waals surface area contributed by atoms with Crippen molar-refractivity contribution in [3.05, 3.63) is 20.8 Å². The van der Waals surface area contributed by atoms with Gasteiger partial charge in [-0.25, -0.2) is 0 Å².